The molecule has 7 heteroatoms. The van der Waals surface area contributed by atoms with E-state index in [1.54, 1.807) is 18.2 Å². The lowest BCUT2D eigenvalue weighted by Crippen LogP contribution is -2.35. The van der Waals surface area contributed by atoms with Gasteiger partial charge in [-0.25, -0.2) is 0 Å². The molecule has 0 aliphatic carbocycles. The van der Waals surface area contributed by atoms with Crippen molar-refractivity contribution in [3.8, 4) is 11.5 Å². The van der Waals surface area contributed by atoms with Crippen molar-refractivity contribution < 1.29 is 19.1 Å². The van der Waals surface area contributed by atoms with Crippen molar-refractivity contribution >= 4 is 35.0 Å². The van der Waals surface area contributed by atoms with Crippen LogP contribution in [0.1, 0.15) is 27.9 Å². The average Bonchev–Trinajstić information content (AvgIpc) is 3.30. The Morgan fingerprint density at radius 3 is 2.79 bits per heavy atom. The van der Waals surface area contributed by atoms with Crippen molar-refractivity contribution in [2.24, 2.45) is 0 Å². The molecule has 33 heavy (non-hydrogen) atoms. The van der Waals surface area contributed by atoms with Crippen molar-refractivity contribution in [1.29, 1.82) is 0 Å². The molecule has 2 aliphatic rings. The summed E-state index contributed by atoms with van der Waals surface area (Å²) in [6, 6.07) is 19.0. The number of carbonyl (C=O) groups is 2. The van der Waals surface area contributed by atoms with Crippen molar-refractivity contribution in [3.63, 3.8) is 0 Å². The van der Waals surface area contributed by atoms with Crippen LogP contribution < -0.4 is 19.7 Å². The van der Waals surface area contributed by atoms with Crippen LogP contribution in [-0.2, 0) is 11.2 Å². The molecular formula is C26H24N2O4S. The molecule has 0 radical (unpaired) electrons. The first kappa shape index (κ1) is 21.4. The minimum Gasteiger partial charge on any atom is -0.454 e. The van der Waals surface area contributed by atoms with E-state index in [-0.39, 0.29) is 24.4 Å². The molecule has 0 saturated heterocycles. The van der Waals surface area contributed by atoms with Crippen molar-refractivity contribution in [2.45, 2.75) is 24.7 Å². The molecule has 3 aromatic carbocycles. The van der Waals surface area contributed by atoms with Crippen LogP contribution in [0.25, 0.3) is 0 Å². The van der Waals surface area contributed by atoms with E-state index in [1.165, 1.54) is 22.9 Å². The van der Waals surface area contributed by atoms with Gasteiger partial charge in [0.05, 0.1) is 11.3 Å². The summed E-state index contributed by atoms with van der Waals surface area (Å²) in [7, 11) is 0. The number of nitrogens with one attached hydrogen (secondary N) is 1. The summed E-state index contributed by atoms with van der Waals surface area (Å²) in [5.41, 5.74) is 4.66. The van der Waals surface area contributed by atoms with Gasteiger partial charge in [-0.1, -0.05) is 29.8 Å². The molecule has 5 rings (SSSR count). The van der Waals surface area contributed by atoms with Crippen LogP contribution >= 0.6 is 11.8 Å². The molecule has 0 atom stereocenters. The summed E-state index contributed by atoms with van der Waals surface area (Å²) >= 11 is 1.36. The third-order valence-electron chi connectivity index (χ3n) is 5.73. The van der Waals surface area contributed by atoms with Crippen molar-refractivity contribution in [2.75, 3.05) is 29.3 Å². The Balaban J connectivity index is 1.28. The summed E-state index contributed by atoms with van der Waals surface area (Å²) in [4.78, 5) is 28.7. The summed E-state index contributed by atoms with van der Waals surface area (Å²) < 4.78 is 10.7. The highest BCUT2D eigenvalue weighted by molar-refractivity contribution is 8.00. The lowest BCUT2D eigenvalue weighted by molar-refractivity contribution is -0.113. The number of nitrogens with zero attached hydrogens (tertiary/aromatic N) is 1. The molecule has 6 nitrogen and oxygen atoms in total. The number of amides is 2. The van der Waals surface area contributed by atoms with Gasteiger partial charge in [-0.3, -0.25) is 9.59 Å². The van der Waals surface area contributed by atoms with Gasteiger partial charge in [-0.2, -0.15) is 0 Å². The Kier molecular flexibility index (Phi) is 5.96. The normalized spacial score (nSPS) is 14.0. The lowest BCUT2D eigenvalue weighted by atomic mass is 9.99. The van der Waals surface area contributed by atoms with Gasteiger partial charge in [-0.15, -0.1) is 11.8 Å². The number of hydrogen-bond acceptors (Lipinski definition) is 5. The molecule has 2 heterocycles. The molecule has 3 aromatic rings. The molecule has 0 spiro atoms. The van der Waals surface area contributed by atoms with Gasteiger partial charge in [0.25, 0.3) is 5.91 Å². The van der Waals surface area contributed by atoms with E-state index in [1.807, 2.05) is 41.3 Å². The first-order valence-corrected chi connectivity index (χ1v) is 11.9. The predicted octanol–water partition coefficient (Wildman–Crippen LogP) is 5.05. The summed E-state index contributed by atoms with van der Waals surface area (Å²) in [6.07, 6.45) is 1.92. The van der Waals surface area contributed by atoms with Gasteiger partial charge in [0.2, 0.25) is 12.7 Å². The van der Waals surface area contributed by atoms with E-state index in [0.29, 0.717) is 29.3 Å². The van der Waals surface area contributed by atoms with Crippen LogP contribution in [0.4, 0.5) is 11.4 Å². The zero-order chi connectivity index (χ0) is 22.8. The smallest absolute Gasteiger partial charge is 0.259 e. The average molecular weight is 461 g/mol. The van der Waals surface area contributed by atoms with Crippen LogP contribution in [0, 0.1) is 6.92 Å². The van der Waals surface area contributed by atoms with Crippen molar-refractivity contribution in [3.05, 3.63) is 77.4 Å². The quantitative estimate of drug-likeness (QED) is 0.540. The highest BCUT2D eigenvalue weighted by Crippen LogP contribution is 2.35. The SMILES string of the molecule is Cc1ccc2c(c1)CCCN2C(=O)c1ccccc1SCC(=O)Nc1ccc2c(c1)OCO2. The molecule has 0 bridgehead atoms. The third-order valence-corrected chi connectivity index (χ3v) is 6.80. The minimum atomic E-state index is -0.153. The van der Waals surface area contributed by atoms with E-state index < -0.39 is 0 Å². The number of anilines is 2. The standard InChI is InChI=1S/C26H24N2O4S/c1-17-8-10-21-18(13-17)5-4-12-28(21)26(30)20-6-2-3-7-24(20)33-15-25(29)27-19-9-11-22-23(14-19)32-16-31-22/h2-3,6-11,13-14H,4-5,12,15-16H2,1H3,(H,27,29). The Morgan fingerprint density at radius 2 is 1.88 bits per heavy atom. The van der Waals surface area contributed by atoms with Crippen molar-refractivity contribution in [1.82, 2.24) is 0 Å². The van der Waals surface area contributed by atoms with Crippen LogP contribution in [0.15, 0.2) is 65.6 Å². The fourth-order valence-electron chi connectivity index (χ4n) is 4.17. The molecule has 0 saturated carbocycles. The van der Waals surface area contributed by atoms with E-state index in [0.717, 1.165) is 23.4 Å². The molecule has 2 aliphatic heterocycles. The summed E-state index contributed by atoms with van der Waals surface area (Å²) in [5, 5.41) is 2.88. The van der Waals surface area contributed by atoms with Crippen LogP contribution in [0.2, 0.25) is 0 Å². The van der Waals surface area contributed by atoms with Gasteiger partial charge in [0, 0.05) is 28.9 Å². The number of aryl methyl sites for hydroxylation is 2. The fraction of sp³-hybridized carbons (Fsp3) is 0.231. The lowest BCUT2D eigenvalue weighted by Gasteiger charge is -2.30. The van der Waals surface area contributed by atoms with Gasteiger partial charge in [0.1, 0.15) is 0 Å². The second-order valence-corrected chi connectivity index (χ2v) is 9.11. The van der Waals surface area contributed by atoms with Gasteiger partial charge >= 0.3 is 0 Å². The van der Waals surface area contributed by atoms with Gasteiger partial charge in [0.15, 0.2) is 11.5 Å². The fourth-order valence-corrected chi connectivity index (χ4v) is 5.01. The minimum absolute atomic E-state index is 0.0286. The molecule has 0 aromatic heterocycles. The van der Waals surface area contributed by atoms with E-state index in [9.17, 15) is 9.59 Å². The number of fused-ring (bicyclic) bond motifs is 2. The van der Waals surface area contributed by atoms with Crippen LogP contribution in [0.5, 0.6) is 11.5 Å². The number of benzene rings is 3. The first-order chi connectivity index (χ1) is 16.1. The highest BCUT2D eigenvalue weighted by Gasteiger charge is 2.25. The maximum absolute atomic E-state index is 13.5. The maximum atomic E-state index is 13.5. The second kappa shape index (κ2) is 9.19. The monoisotopic (exact) mass is 460 g/mol. The summed E-state index contributed by atoms with van der Waals surface area (Å²) in [5.74, 6) is 1.30. The Bertz CT molecular complexity index is 1230. The summed E-state index contributed by atoms with van der Waals surface area (Å²) in [6.45, 7) is 2.95. The zero-order valence-corrected chi connectivity index (χ0v) is 19.1. The Hall–Kier alpha value is -3.45. The Morgan fingerprint density at radius 1 is 1.03 bits per heavy atom. The number of carbonyl (C=O) groups excluding carboxylic acids is 2. The largest absolute Gasteiger partial charge is 0.454 e. The molecular weight excluding hydrogens is 436 g/mol. The number of hydrogen-bond donors (Lipinski definition) is 1. The molecule has 0 fully saturated rings. The van der Waals surface area contributed by atoms with Gasteiger partial charge in [-0.05, 0) is 55.7 Å². The highest BCUT2D eigenvalue weighted by atomic mass is 32.2. The van der Waals surface area contributed by atoms with Crippen LogP contribution in [-0.4, -0.2) is 30.9 Å². The second-order valence-electron chi connectivity index (χ2n) is 8.09. The number of thioether (sulfide) groups is 1. The van der Waals surface area contributed by atoms with Gasteiger partial charge < -0.3 is 19.7 Å². The molecule has 168 valence electrons. The number of ether oxygens (including phenoxy) is 2. The topological polar surface area (TPSA) is 67.9 Å². The maximum Gasteiger partial charge on any atom is 0.259 e. The zero-order valence-electron chi connectivity index (χ0n) is 18.3. The number of rotatable bonds is 5. The molecule has 0 unspecified atom stereocenters. The van der Waals surface area contributed by atoms with E-state index in [2.05, 4.69) is 18.3 Å². The van der Waals surface area contributed by atoms with E-state index in [4.69, 9.17) is 9.47 Å². The first-order valence-electron chi connectivity index (χ1n) is 10.9. The molecule has 1 N–H and O–H groups in total. The molecule has 2 amide bonds. The Labute approximate surface area is 196 Å². The van der Waals surface area contributed by atoms with Crippen LogP contribution in [0.3, 0.4) is 0 Å². The third kappa shape index (κ3) is 4.54. The predicted molar refractivity (Wildman–Crippen MR) is 130 cm³/mol. The van der Waals surface area contributed by atoms with E-state index >= 15 is 0 Å².